The largest absolute Gasteiger partial charge is 0.463 e. The maximum atomic E-state index is 12.6. The summed E-state index contributed by atoms with van der Waals surface area (Å²) in [7, 11) is 5.14. The van der Waals surface area contributed by atoms with Gasteiger partial charge in [0.25, 0.3) is 11.1 Å². The average molecular weight is 386 g/mol. The van der Waals surface area contributed by atoms with E-state index in [9.17, 15) is 14.4 Å². The van der Waals surface area contributed by atoms with Gasteiger partial charge < -0.3 is 14.1 Å². The van der Waals surface area contributed by atoms with E-state index in [1.165, 1.54) is 13.2 Å². The van der Waals surface area contributed by atoms with E-state index >= 15 is 0 Å². The smallest absolute Gasteiger partial charge is 0.373 e. The highest BCUT2D eigenvalue weighted by atomic mass is 32.2. The number of methoxy groups -OCH3 is 1. The second-order valence-electron chi connectivity index (χ2n) is 6.01. The Balaban J connectivity index is 1.74. The lowest BCUT2D eigenvalue weighted by Gasteiger charge is -2.12. The number of thioether (sulfide) groups is 1. The fourth-order valence-electron chi connectivity index (χ4n) is 2.49. The Kier molecular flexibility index (Phi) is 5.36. The number of carbonyl (C=O) groups excluding carboxylic acids is 3. The molecular formula is C19H18N2O5S. The van der Waals surface area contributed by atoms with Crippen LogP contribution in [-0.2, 0) is 16.1 Å². The monoisotopic (exact) mass is 386 g/mol. The van der Waals surface area contributed by atoms with Crippen LogP contribution in [0.25, 0.3) is 6.08 Å². The van der Waals surface area contributed by atoms with Crippen molar-refractivity contribution in [1.82, 2.24) is 4.90 Å². The number of carbonyl (C=O) groups is 3. The third kappa shape index (κ3) is 4.06. The highest BCUT2D eigenvalue weighted by Crippen LogP contribution is 2.33. The lowest BCUT2D eigenvalue weighted by Crippen LogP contribution is -2.27. The molecule has 7 nitrogen and oxygen atoms in total. The van der Waals surface area contributed by atoms with E-state index in [-0.39, 0.29) is 17.5 Å². The molecule has 0 bridgehead atoms. The molecule has 0 aliphatic carbocycles. The molecule has 0 spiro atoms. The van der Waals surface area contributed by atoms with Gasteiger partial charge in [-0.05, 0) is 47.7 Å². The molecule has 1 aliphatic heterocycles. The zero-order valence-corrected chi connectivity index (χ0v) is 15.9. The minimum Gasteiger partial charge on any atom is -0.463 e. The normalized spacial score (nSPS) is 15.5. The summed E-state index contributed by atoms with van der Waals surface area (Å²) in [6.45, 7) is -0.0431. The van der Waals surface area contributed by atoms with Crippen molar-refractivity contribution in [2.75, 3.05) is 26.1 Å². The lowest BCUT2D eigenvalue weighted by atomic mass is 10.2. The summed E-state index contributed by atoms with van der Waals surface area (Å²) >= 11 is 0.879. The molecule has 8 heteroatoms. The van der Waals surface area contributed by atoms with Crippen molar-refractivity contribution in [2.24, 2.45) is 0 Å². The zero-order valence-electron chi connectivity index (χ0n) is 15.1. The van der Waals surface area contributed by atoms with Crippen LogP contribution in [0.3, 0.4) is 0 Å². The maximum absolute atomic E-state index is 12.6. The first kappa shape index (κ1) is 18.8. The predicted molar refractivity (Wildman–Crippen MR) is 102 cm³/mol. The van der Waals surface area contributed by atoms with Crippen molar-refractivity contribution in [3.8, 4) is 0 Å². The number of benzene rings is 1. The van der Waals surface area contributed by atoms with Crippen LogP contribution >= 0.6 is 11.8 Å². The van der Waals surface area contributed by atoms with Gasteiger partial charge in [0.15, 0.2) is 0 Å². The summed E-state index contributed by atoms with van der Waals surface area (Å²) in [5.74, 6) is -0.653. The predicted octanol–water partition coefficient (Wildman–Crippen LogP) is 3.37. The lowest BCUT2D eigenvalue weighted by molar-refractivity contribution is -0.123. The topological polar surface area (TPSA) is 80.1 Å². The van der Waals surface area contributed by atoms with E-state index in [0.717, 1.165) is 27.9 Å². The summed E-state index contributed by atoms with van der Waals surface area (Å²) in [4.78, 5) is 39.6. The van der Waals surface area contributed by atoms with Crippen LogP contribution < -0.4 is 4.90 Å². The highest BCUT2D eigenvalue weighted by molar-refractivity contribution is 8.18. The first-order valence-electron chi connectivity index (χ1n) is 8.09. The van der Waals surface area contributed by atoms with Gasteiger partial charge in [0.2, 0.25) is 5.76 Å². The minimum atomic E-state index is -0.614. The zero-order chi connectivity index (χ0) is 19.6. The number of hydrogen-bond donors (Lipinski definition) is 0. The summed E-state index contributed by atoms with van der Waals surface area (Å²) in [6, 6.07) is 10.6. The van der Waals surface area contributed by atoms with E-state index in [2.05, 4.69) is 4.74 Å². The van der Waals surface area contributed by atoms with Gasteiger partial charge in [-0.15, -0.1) is 0 Å². The summed E-state index contributed by atoms with van der Waals surface area (Å²) in [6.07, 6.45) is 1.69. The molecular weight excluding hydrogens is 368 g/mol. The number of ether oxygens (including phenoxy) is 1. The third-order valence-corrected chi connectivity index (χ3v) is 4.85. The van der Waals surface area contributed by atoms with Gasteiger partial charge in [-0.1, -0.05) is 12.1 Å². The van der Waals surface area contributed by atoms with Crippen LogP contribution in [0.2, 0.25) is 0 Å². The first-order valence-corrected chi connectivity index (χ1v) is 8.90. The van der Waals surface area contributed by atoms with Crippen molar-refractivity contribution in [3.05, 3.63) is 58.4 Å². The molecule has 27 heavy (non-hydrogen) atoms. The first-order chi connectivity index (χ1) is 12.9. The SMILES string of the molecule is COC(=O)c1ccc(CN2C(=O)SC(=Cc3ccc(N(C)C)cc3)C2=O)o1. The molecule has 0 N–H and O–H groups in total. The van der Waals surface area contributed by atoms with Crippen LogP contribution in [0.4, 0.5) is 10.5 Å². The second-order valence-corrected chi connectivity index (χ2v) is 7.00. The molecule has 3 rings (SSSR count). The number of anilines is 1. The quantitative estimate of drug-likeness (QED) is 0.576. The highest BCUT2D eigenvalue weighted by Gasteiger charge is 2.35. The van der Waals surface area contributed by atoms with Crippen molar-refractivity contribution in [1.29, 1.82) is 0 Å². The van der Waals surface area contributed by atoms with Gasteiger partial charge in [0.1, 0.15) is 5.76 Å². The van der Waals surface area contributed by atoms with Crippen molar-refractivity contribution < 1.29 is 23.5 Å². The van der Waals surface area contributed by atoms with Crippen LogP contribution in [-0.4, -0.2) is 43.2 Å². The molecule has 1 aromatic heterocycles. The second kappa shape index (κ2) is 7.71. The van der Waals surface area contributed by atoms with E-state index in [4.69, 9.17) is 4.42 Å². The Morgan fingerprint density at radius 2 is 1.89 bits per heavy atom. The maximum Gasteiger partial charge on any atom is 0.373 e. The fourth-order valence-corrected chi connectivity index (χ4v) is 3.32. The van der Waals surface area contributed by atoms with Gasteiger partial charge in [-0.2, -0.15) is 0 Å². The van der Waals surface area contributed by atoms with Crippen LogP contribution in [0.1, 0.15) is 21.9 Å². The molecule has 0 atom stereocenters. The molecule has 1 aliphatic rings. The van der Waals surface area contributed by atoms with E-state index < -0.39 is 11.9 Å². The average Bonchev–Trinajstić information content (AvgIpc) is 3.22. The van der Waals surface area contributed by atoms with Gasteiger partial charge in [0.05, 0.1) is 18.6 Å². The number of furan rings is 1. The molecule has 0 radical (unpaired) electrons. The third-order valence-electron chi connectivity index (χ3n) is 3.94. The molecule has 140 valence electrons. The molecule has 2 aromatic rings. The number of hydrogen-bond acceptors (Lipinski definition) is 7. The Morgan fingerprint density at radius 3 is 2.52 bits per heavy atom. The van der Waals surface area contributed by atoms with Crippen molar-refractivity contribution in [3.63, 3.8) is 0 Å². The fraction of sp³-hybridized carbons (Fsp3) is 0.211. The number of imide groups is 1. The number of esters is 1. The molecule has 2 amide bonds. The number of rotatable bonds is 5. The van der Waals surface area contributed by atoms with Crippen LogP contribution in [0, 0.1) is 0 Å². The van der Waals surface area contributed by atoms with Gasteiger partial charge in [0, 0.05) is 19.8 Å². The number of nitrogens with zero attached hydrogens (tertiary/aromatic N) is 2. The summed E-state index contributed by atoms with van der Waals surface area (Å²) in [5, 5.41) is -0.382. The van der Waals surface area contributed by atoms with E-state index in [1.807, 2.05) is 43.3 Å². The van der Waals surface area contributed by atoms with Crippen molar-refractivity contribution >= 4 is 40.6 Å². The van der Waals surface area contributed by atoms with Crippen LogP contribution in [0.5, 0.6) is 0 Å². The number of amides is 2. The molecule has 1 aromatic carbocycles. The van der Waals surface area contributed by atoms with Gasteiger partial charge in [-0.3, -0.25) is 14.5 Å². The Bertz CT molecular complexity index is 914. The Labute approximate surface area is 160 Å². The van der Waals surface area contributed by atoms with E-state index in [0.29, 0.717) is 10.7 Å². The Hall–Kier alpha value is -3.00. The van der Waals surface area contributed by atoms with E-state index in [1.54, 1.807) is 12.1 Å². The van der Waals surface area contributed by atoms with Gasteiger partial charge in [-0.25, -0.2) is 4.79 Å². The molecule has 0 saturated carbocycles. The van der Waals surface area contributed by atoms with Crippen molar-refractivity contribution in [2.45, 2.75) is 6.54 Å². The molecule has 1 fully saturated rings. The summed E-state index contributed by atoms with van der Waals surface area (Å²) < 4.78 is 9.90. The summed E-state index contributed by atoms with van der Waals surface area (Å²) in [5.41, 5.74) is 1.87. The molecule has 0 unspecified atom stereocenters. The minimum absolute atomic E-state index is 0.0241. The molecule has 1 saturated heterocycles. The Morgan fingerprint density at radius 1 is 1.19 bits per heavy atom. The van der Waals surface area contributed by atoms with Gasteiger partial charge >= 0.3 is 5.97 Å². The molecule has 2 heterocycles. The van der Waals surface area contributed by atoms with Crippen LogP contribution in [0.15, 0.2) is 45.7 Å². The standard InChI is InChI=1S/C19H18N2O5S/c1-20(2)13-6-4-12(5-7-13)10-16-17(22)21(19(24)27-16)11-14-8-9-15(26-14)18(23)25-3/h4-10H,11H2,1-3H3.